The third-order valence-electron chi connectivity index (χ3n) is 5.43. The lowest BCUT2D eigenvalue weighted by Gasteiger charge is -2.15. The Morgan fingerprint density at radius 2 is 1.82 bits per heavy atom. The number of carbonyl (C=O) groups excluding carboxylic acids is 1. The molecule has 8 nitrogen and oxygen atoms in total. The molecule has 0 aliphatic carbocycles. The minimum Gasteiger partial charge on any atom is -0.491 e. The van der Waals surface area contributed by atoms with Gasteiger partial charge in [0.25, 0.3) is 5.91 Å². The van der Waals surface area contributed by atoms with E-state index in [2.05, 4.69) is 36.4 Å². The molecule has 0 bridgehead atoms. The average Bonchev–Trinajstić information content (AvgIpc) is 3.31. The lowest BCUT2D eigenvalue weighted by Crippen LogP contribution is -2.19. The summed E-state index contributed by atoms with van der Waals surface area (Å²) in [6.07, 6.45) is -3.11. The van der Waals surface area contributed by atoms with E-state index < -0.39 is 17.6 Å². The number of nitrogens with one attached hydrogen (secondary N) is 1. The Hall–Kier alpha value is -3.77. The van der Waals surface area contributed by atoms with Crippen molar-refractivity contribution in [2.24, 2.45) is 0 Å². The smallest absolute Gasteiger partial charge is 0.417 e. The van der Waals surface area contributed by atoms with Crippen LogP contribution in [0.1, 0.15) is 21.8 Å². The Bertz CT molecular complexity index is 1440. The molecule has 2 heterocycles. The molecule has 0 atom stereocenters. The van der Waals surface area contributed by atoms with Crippen LogP contribution in [0.25, 0.3) is 22.5 Å². The number of halogens is 4. The van der Waals surface area contributed by atoms with Crippen molar-refractivity contribution in [2.45, 2.75) is 13.1 Å². The van der Waals surface area contributed by atoms with Crippen molar-refractivity contribution in [1.82, 2.24) is 20.0 Å². The number of carbonyl (C=O) groups is 1. The molecular weight excluding hydrogens is 567 g/mol. The summed E-state index contributed by atoms with van der Waals surface area (Å²) < 4.78 is 53.0. The zero-order valence-electron chi connectivity index (χ0n) is 20.6. The Morgan fingerprint density at radius 3 is 2.45 bits per heavy atom. The lowest BCUT2D eigenvalue weighted by molar-refractivity contribution is -0.137. The molecule has 0 fully saturated rings. The number of alkyl halides is 3. The van der Waals surface area contributed by atoms with Gasteiger partial charge in [-0.15, -0.1) is 0 Å². The molecule has 0 saturated carbocycles. The van der Waals surface area contributed by atoms with Gasteiger partial charge in [0.2, 0.25) is 11.7 Å². The molecule has 1 amide bonds. The second kappa shape index (κ2) is 11.3. The molecule has 4 rings (SSSR count). The molecule has 0 unspecified atom stereocenters. The van der Waals surface area contributed by atoms with Crippen molar-refractivity contribution < 1.29 is 27.2 Å². The molecule has 2 aromatic heterocycles. The lowest BCUT2D eigenvalue weighted by atomic mass is 9.96. The maximum atomic E-state index is 13.9. The number of aryl methyl sites for hydroxylation is 1. The summed E-state index contributed by atoms with van der Waals surface area (Å²) >= 11 is 3.37. The molecule has 0 saturated heterocycles. The molecule has 1 N–H and O–H groups in total. The number of hydrogen-bond donors (Lipinski definition) is 1. The summed E-state index contributed by atoms with van der Waals surface area (Å²) in [5.41, 5.74) is -0.164. The molecule has 0 aliphatic heterocycles. The first-order valence-corrected chi connectivity index (χ1v) is 12.2. The highest BCUT2D eigenvalue weighted by Crippen LogP contribution is 2.39. The first-order chi connectivity index (χ1) is 18.0. The highest BCUT2D eigenvalue weighted by Gasteiger charge is 2.34. The number of nitrogens with zero attached hydrogens (tertiary/aromatic N) is 4. The van der Waals surface area contributed by atoms with E-state index in [9.17, 15) is 18.0 Å². The number of anilines is 1. The van der Waals surface area contributed by atoms with Gasteiger partial charge in [-0.25, -0.2) is 4.98 Å². The topological polar surface area (TPSA) is 93.4 Å². The fourth-order valence-corrected chi connectivity index (χ4v) is 3.84. The number of pyridine rings is 1. The predicted octanol–water partition coefficient (Wildman–Crippen LogP) is 6.08. The summed E-state index contributed by atoms with van der Waals surface area (Å²) in [5.74, 6) is 0.641. The molecule has 0 aliphatic rings. The third kappa shape index (κ3) is 6.56. The SMILES string of the molecule is Cc1nc(-c2ccc(-c3ccc(C(=O)Nc4cc(OCCN(C)C)c(Br)cn4)cc3)c(C(F)(F)F)c2)no1. The molecule has 0 spiro atoms. The number of amides is 1. The van der Waals surface area contributed by atoms with Gasteiger partial charge in [0, 0.05) is 36.9 Å². The van der Waals surface area contributed by atoms with E-state index in [1.165, 1.54) is 42.6 Å². The van der Waals surface area contributed by atoms with Crippen LogP contribution < -0.4 is 10.1 Å². The van der Waals surface area contributed by atoms with Gasteiger partial charge < -0.3 is 19.5 Å². The average molecular weight is 590 g/mol. The zero-order chi connectivity index (χ0) is 27.4. The first-order valence-electron chi connectivity index (χ1n) is 11.4. The Morgan fingerprint density at radius 1 is 1.11 bits per heavy atom. The van der Waals surface area contributed by atoms with Crippen molar-refractivity contribution in [2.75, 3.05) is 32.6 Å². The van der Waals surface area contributed by atoms with Crippen molar-refractivity contribution in [3.8, 4) is 28.3 Å². The summed E-state index contributed by atoms with van der Waals surface area (Å²) in [6, 6.07) is 11.2. The van der Waals surface area contributed by atoms with Crippen LogP contribution in [0.15, 0.2) is 63.7 Å². The number of benzene rings is 2. The highest BCUT2D eigenvalue weighted by molar-refractivity contribution is 9.10. The zero-order valence-corrected chi connectivity index (χ0v) is 22.2. The van der Waals surface area contributed by atoms with E-state index in [0.717, 1.165) is 6.07 Å². The molecule has 12 heteroatoms. The third-order valence-corrected chi connectivity index (χ3v) is 6.02. The van der Waals surface area contributed by atoms with Gasteiger partial charge in [0.1, 0.15) is 18.2 Å². The number of aromatic nitrogens is 3. The van der Waals surface area contributed by atoms with Gasteiger partial charge in [-0.05, 0) is 59.4 Å². The minimum absolute atomic E-state index is 0.0393. The fourth-order valence-electron chi connectivity index (χ4n) is 3.51. The van der Waals surface area contributed by atoms with Crippen LogP contribution in [-0.2, 0) is 6.18 Å². The number of likely N-dealkylation sites (N-methyl/N-ethyl adjacent to an activating group) is 1. The van der Waals surface area contributed by atoms with Crippen molar-refractivity contribution in [3.63, 3.8) is 0 Å². The molecule has 4 aromatic rings. The molecule has 2 aromatic carbocycles. The van der Waals surface area contributed by atoms with Crippen molar-refractivity contribution >= 4 is 27.7 Å². The van der Waals surface area contributed by atoms with E-state index in [0.29, 0.717) is 28.9 Å². The second-order valence-electron chi connectivity index (χ2n) is 8.58. The van der Waals surface area contributed by atoms with Crippen LogP contribution in [0.2, 0.25) is 0 Å². The van der Waals surface area contributed by atoms with Gasteiger partial charge in [-0.1, -0.05) is 29.4 Å². The van der Waals surface area contributed by atoms with Crippen LogP contribution in [0.4, 0.5) is 19.0 Å². The van der Waals surface area contributed by atoms with E-state index in [1.807, 2.05) is 19.0 Å². The van der Waals surface area contributed by atoms with Crippen molar-refractivity contribution in [1.29, 1.82) is 0 Å². The van der Waals surface area contributed by atoms with E-state index in [4.69, 9.17) is 9.26 Å². The van der Waals surface area contributed by atoms with Gasteiger partial charge in [0.05, 0.1) is 10.0 Å². The van der Waals surface area contributed by atoms with Crippen LogP contribution in [0.5, 0.6) is 5.75 Å². The van der Waals surface area contributed by atoms with Gasteiger partial charge in [-0.2, -0.15) is 18.2 Å². The second-order valence-corrected chi connectivity index (χ2v) is 9.43. The summed E-state index contributed by atoms with van der Waals surface area (Å²) in [4.78, 5) is 22.9. The predicted molar refractivity (Wildman–Crippen MR) is 139 cm³/mol. The quantitative estimate of drug-likeness (QED) is 0.266. The summed E-state index contributed by atoms with van der Waals surface area (Å²) in [6.45, 7) is 2.71. The fraction of sp³-hybridized carbons (Fsp3) is 0.231. The maximum absolute atomic E-state index is 13.9. The Balaban J connectivity index is 1.53. The number of rotatable bonds is 8. The number of ether oxygens (including phenoxy) is 1. The van der Waals surface area contributed by atoms with Gasteiger partial charge >= 0.3 is 6.18 Å². The first kappa shape index (κ1) is 27.3. The normalized spacial score (nSPS) is 11.6. The van der Waals surface area contributed by atoms with E-state index >= 15 is 0 Å². The standard InChI is InChI=1S/C26H23BrF3N5O3/c1-15-32-24(34-38-15)18-8-9-19(20(12-18)26(28,29)30)16-4-6-17(7-5-16)25(36)33-23-13-22(21(27)14-31-23)37-11-10-35(2)3/h4-9,12-14H,10-11H2,1-3H3,(H,31,33,36). The van der Waals surface area contributed by atoms with Gasteiger partial charge in [0.15, 0.2) is 0 Å². The van der Waals surface area contributed by atoms with Crippen LogP contribution in [-0.4, -0.2) is 53.2 Å². The van der Waals surface area contributed by atoms with Gasteiger partial charge in [-0.3, -0.25) is 4.79 Å². The van der Waals surface area contributed by atoms with Crippen LogP contribution in [0, 0.1) is 6.92 Å². The number of hydrogen-bond acceptors (Lipinski definition) is 7. The van der Waals surface area contributed by atoms with Crippen LogP contribution in [0.3, 0.4) is 0 Å². The summed E-state index contributed by atoms with van der Waals surface area (Å²) in [7, 11) is 3.86. The molecular formula is C26H23BrF3N5O3. The van der Waals surface area contributed by atoms with Crippen molar-refractivity contribution in [3.05, 3.63) is 76.2 Å². The molecule has 198 valence electrons. The maximum Gasteiger partial charge on any atom is 0.417 e. The van der Waals surface area contributed by atoms with E-state index in [-0.39, 0.29) is 34.2 Å². The Kier molecular flexibility index (Phi) is 8.12. The molecule has 38 heavy (non-hydrogen) atoms. The monoisotopic (exact) mass is 589 g/mol. The Labute approximate surface area is 225 Å². The van der Waals surface area contributed by atoms with Crippen LogP contribution >= 0.6 is 15.9 Å². The highest BCUT2D eigenvalue weighted by atomic mass is 79.9. The summed E-state index contributed by atoms with van der Waals surface area (Å²) in [5, 5.41) is 6.38. The molecule has 0 radical (unpaired) electrons. The largest absolute Gasteiger partial charge is 0.491 e. The minimum atomic E-state index is -4.63. The van der Waals surface area contributed by atoms with E-state index in [1.54, 1.807) is 13.0 Å².